The number of rotatable bonds is 10. The van der Waals surface area contributed by atoms with Crippen LogP contribution in [0.3, 0.4) is 0 Å². The van der Waals surface area contributed by atoms with Gasteiger partial charge in [0.2, 0.25) is 0 Å². The number of nitrogens with one attached hydrogen (secondary N) is 1. The van der Waals surface area contributed by atoms with Gasteiger partial charge < -0.3 is 19.3 Å². The molecule has 1 N–H and O–H groups in total. The predicted octanol–water partition coefficient (Wildman–Crippen LogP) is 6.00. The van der Waals surface area contributed by atoms with Crippen LogP contribution in [0.1, 0.15) is 43.5 Å². The minimum Gasteiger partial charge on any atom is -0.481 e. The molecule has 4 aromatic rings. The lowest BCUT2D eigenvalue weighted by Crippen LogP contribution is -2.36. The number of aromatic nitrogens is 1. The molecule has 0 aliphatic heterocycles. The van der Waals surface area contributed by atoms with Crippen LogP contribution in [0.4, 0.5) is 0 Å². The highest BCUT2D eigenvalue weighted by atomic mass is 16.5. The second-order valence-corrected chi connectivity index (χ2v) is 9.82. The quantitative estimate of drug-likeness (QED) is 0.256. The van der Waals surface area contributed by atoms with Gasteiger partial charge in [-0.2, -0.15) is 0 Å². The average Bonchev–Trinajstić information content (AvgIpc) is 3.70. The fraction of sp³-hybridized carbons (Fsp3) is 0.281. The monoisotopic (exact) mass is 524 g/mol. The Morgan fingerprint density at radius 1 is 0.949 bits per heavy atom. The molecule has 3 aromatic carbocycles. The van der Waals surface area contributed by atoms with Gasteiger partial charge in [-0.1, -0.05) is 71.9 Å². The summed E-state index contributed by atoms with van der Waals surface area (Å²) in [6.45, 7) is 6.08. The van der Waals surface area contributed by atoms with Gasteiger partial charge in [-0.05, 0) is 62.4 Å². The lowest BCUT2D eigenvalue weighted by molar-refractivity contribution is -0.146. The van der Waals surface area contributed by atoms with Crippen molar-refractivity contribution in [2.75, 3.05) is 6.61 Å². The van der Waals surface area contributed by atoms with Gasteiger partial charge in [0.15, 0.2) is 11.9 Å². The number of amides is 1. The van der Waals surface area contributed by atoms with Crippen molar-refractivity contribution in [2.24, 2.45) is 0 Å². The van der Waals surface area contributed by atoms with Crippen LogP contribution in [0, 0.1) is 6.92 Å². The van der Waals surface area contributed by atoms with E-state index in [-0.39, 0.29) is 18.4 Å². The highest BCUT2D eigenvalue weighted by Gasteiger charge is 2.52. The molecule has 39 heavy (non-hydrogen) atoms. The number of carbonyl (C=O) groups excluding carboxylic acids is 2. The van der Waals surface area contributed by atoms with Gasteiger partial charge in [-0.15, -0.1) is 0 Å². The van der Waals surface area contributed by atoms with Crippen LogP contribution in [0.2, 0.25) is 0 Å². The first-order valence-corrected chi connectivity index (χ1v) is 13.2. The molecule has 1 atom stereocenters. The zero-order valence-corrected chi connectivity index (χ0v) is 22.4. The van der Waals surface area contributed by atoms with E-state index in [0.717, 1.165) is 46.4 Å². The Kier molecular flexibility index (Phi) is 7.50. The topological polar surface area (TPSA) is 90.7 Å². The number of hydrogen-bond donors (Lipinski definition) is 1. The van der Waals surface area contributed by atoms with Crippen molar-refractivity contribution in [3.05, 3.63) is 95.7 Å². The molecule has 7 heteroatoms. The molecule has 0 radical (unpaired) electrons. The number of ether oxygens (including phenoxy) is 2. The number of para-hydroxylation sites is 1. The first-order valence-electron chi connectivity index (χ1n) is 13.2. The summed E-state index contributed by atoms with van der Waals surface area (Å²) >= 11 is 0. The molecule has 1 aliphatic rings. The third-order valence-corrected chi connectivity index (χ3v) is 7.18. The maximum atomic E-state index is 12.7. The number of hydrogen-bond acceptors (Lipinski definition) is 6. The number of nitrogens with zero attached hydrogens (tertiary/aromatic N) is 1. The number of aryl methyl sites for hydroxylation is 1. The number of esters is 1. The Bertz CT molecular complexity index is 1440. The van der Waals surface area contributed by atoms with Crippen molar-refractivity contribution in [2.45, 2.75) is 51.7 Å². The zero-order chi connectivity index (χ0) is 27.4. The largest absolute Gasteiger partial charge is 0.481 e. The molecule has 1 aromatic heterocycles. The highest BCUT2D eigenvalue weighted by Crippen LogP contribution is 2.49. The van der Waals surface area contributed by atoms with Crippen LogP contribution < -0.4 is 10.1 Å². The summed E-state index contributed by atoms with van der Waals surface area (Å²) in [6.07, 6.45) is 1.02. The summed E-state index contributed by atoms with van der Waals surface area (Å²) in [6, 6.07) is 25.4. The van der Waals surface area contributed by atoms with Crippen LogP contribution in [-0.2, 0) is 26.3 Å². The molecule has 0 bridgehead atoms. The van der Waals surface area contributed by atoms with Gasteiger partial charge in [-0.25, -0.2) is 0 Å². The number of carbonyl (C=O) groups is 2. The summed E-state index contributed by atoms with van der Waals surface area (Å²) < 4.78 is 16.7. The van der Waals surface area contributed by atoms with Gasteiger partial charge in [0.25, 0.3) is 5.91 Å². The van der Waals surface area contributed by atoms with Gasteiger partial charge >= 0.3 is 5.97 Å². The second-order valence-electron chi connectivity index (χ2n) is 9.82. The first kappa shape index (κ1) is 26.2. The van der Waals surface area contributed by atoms with E-state index in [1.165, 1.54) is 0 Å². The fourth-order valence-corrected chi connectivity index (χ4v) is 4.70. The minimum atomic E-state index is -0.645. The Morgan fingerprint density at radius 2 is 1.56 bits per heavy atom. The average molecular weight is 525 g/mol. The first-order chi connectivity index (χ1) is 18.9. The van der Waals surface area contributed by atoms with Crippen molar-refractivity contribution in [1.82, 2.24) is 10.5 Å². The van der Waals surface area contributed by atoms with E-state index < -0.39 is 11.5 Å². The summed E-state index contributed by atoms with van der Waals surface area (Å²) in [5.74, 6) is 0.911. The molecule has 1 saturated carbocycles. The maximum absolute atomic E-state index is 12.7. The van der Waals surface area contributed by atoms with E-state index >= 15 is 0 Å². The summed E-state index contributed by atoms with van der Waals surface area (Å²) in [4.78, 5) is 25.1. The fourth-order valence-electron chi connectivity index (χ4n) is 4.70. The van der Waals surface area contributed by atoms with Crippen molar-refractivity contribution in [1.29, 1.82) is 0 Å². The molecule has 1 amide bonds. The minimum absolute atomic E-state index is 0.130. The number of benzene rings is 3. The lowest BCUT2D eigenvalue weighted by Gasteiger charge is -2.15. The normalized spacial score (nSPS) is 14.3. The summed E-state index contributed by atoms with van der Waals surface area (Å²) in [7, 11) is 0. The van der Waals surface area contributed by atoms with Crippen molar-refractivity contribution in [3.8, 4) is 28.2 Å². The van der Waals surface area contributed by atoms with Gasteiger partial charge in [-0.3, -0.25) is 9.59 Å². The molecule has 1 unspecified atom stereocenters. The van der Waals surface area contributed by atoms with Crippen LogP contribution in [-0.4, -0.2) is 29.7 Å². The predicted molar refractivity (Wildman–Crippen MR) is 148 cm³/mol. The van der Waals surface area contributed by atoms with Crippen LogP contribution >= 0.6 is 0 Å². The molecule has 7 nitrogen and oxygen atoms in total. The summed E-state index contributed by atoms with van der Waals surface area (Å²) in [5, 5.41) is 7.07. The molecule has 0 spiro atoms. The standard InChI is InChI=1S/C32H32N2O5/c1-4-37-31(36)32(18-19-32)26-16-14-24(15-17-26)23-10-12-25(13-11-23)29-28(21(2)34-39-29)20-33-30(35)22(3)38-27-8-6-5-7-9-27/h5-17,22H,4,18-20H2,1-3H3,(H,33,35). The van der Waals surface area contributed by atoms with Gasteiger partial charge in [0, 0.05) is 17.7 Å². The molecule has 1 heterocycles. The van der Waals surface area contributed by atoms with Crippen LogP contribution in [0.5, 0.6) is 5.75 Å². The molecule has 0 saturated heterocycles. The zero-order valence-electron chi connectivity index (χ0n) is 22.4. The third kappa shape index (κ3) is 5.58. The molecule has 1 aliphatic carbocycles. The van der Waals surface area contributed by atoms with E-state index in [1.807, 2.05) is 92.7 Å². The van der Waals surface area contributed by atoms with Crippen molar-refractivity contribution >= 4 is 11.9 Å². The van der Waals surface area contributed by atoms with E-state index in [9.17, 15) is 9.59 Å². The highest BCUT2D eigenvalue weighted by molar-refractivity contribution is 5.87. The van der Waals surface area contributed by atoms with E-state index in [4.69, 9.17) is 14.0 Å². The second kappa shape index (κ2) is 11.2. The SMILES string of the molecule is CCOC(=O)C1(c2ccc(-c3ccc(-c4onc(C)c4CNC(=O)C(C)Oc4ccccc4)cc3)cc2)CC1. The Balaban J connectivity index is 1.25. The molecular formula is C32H32N2O5. The lowest BCUT2D eigenvalue weighted by atomic mass is 9.93. The van der Waals surface area contributed by atoms with Crippen molar-refractivity contribution in [3.63, 3.8) is 0 Å². The van der Waals surface area contributed by atoms with Crippen LogP contribution in [0.15, 0.2) is 83.4 Å². The maximum Gasteiger partial charge on any atom is 0.316 e. The summed E-state index contributed by atoms with van der Waals surface area (Å²) in [5.41, 5.74) is 5.04. The van der Waals surface area contributed by atoms with Crippen LogP contribution in [0.25, 0.3) is 22.5 Å². The molecular weight excluding hydrogens is 492 g/mol. The van der Waals surface area contributed by atoms with E-state index in [1.54, 1.807) is 6.92 Å². The Morgan fingerprint density at radius 3 is 2.18 bits per heavy atom. The molecule has 1 fully saturated rings. The molecule has 200 valence electrons. The van der Waals surface area contributed by atoms with E-state index in [0.29, 0.717) is 18.1 Å². The Labute approximate surface area is 228 Å². The smallest absolute Gasteiger partial charge is 0.316 e. The molecule has 5 rings (SSSR count). The third-order valence-electron chi connectivity index (χ3n) is 7.18. The van der Waals surface area contributed by atoms with Gasteiger partial charge in [0.1, 0.15) is 5.75 Å². The Hall–Kier alpha value is -4.39. The van der Waals surface area contributed by atoms with Crippen molar-refractivity contribution < 1.29 is 23.6 Å². The van der Waals surface area contributed by atoms with Gasteiger partial charge in [0.05, 0.1) is 17.7 Å². The van der Waals surface area contributed by atoms with E-state index in [2.05, 4.69) is 10.5 Å².